The fourth-order valence-electron chi connectivity index (χ4n) is 2.41. The maximum absolute atomic E-state index is 12.1. The van der Waals surface area contributed by atoms with E-state index in [9.17, 15) is 4.79 Å². The molecule has 0 atom stereocenters. The molecule has 1 N–H and O–H groups in total. The molecule has 3 rings (SSSR count). The number of nitrogens with zero attached hydrogens (tertiary/aromatic N) is 4. The zero-order chi connectivity index (χ0) is 17.8. The summed E-state index contributed by atoms with van der Waals surface area (Å²) in [7, 11) is 1.80. The van der Waals surface area contributed by atoms with E-state index in [1.165, 1.54) is 4.90 Å². The standard InChI is InChI=1S/C17H19N5O2S/c1-4-25-13-7-5-12(6-8-13)10-15(23)18-17-20-19-16(24-17)14-9-11(2)21-22(14)3/h5-9H,4,10H2,1-3H3,(H,18,20,23). The normalized spacial score (nSPS) is 10.8. The molecule has 7 nitrogen and oxygen atoms in total. The van der Waals surface area contributed by atoms with Crippen LogP contribution in [-0.4, -0.2) is 31.6 Å². The highest BCUT2D eigenvalue weighted by atomic mass is 32.2. The van der Waals surface area contributed by atoms with Crippen LogP contribution in [0.15, 0.2) is 39.6 Å². The first kappa shape index (κ1) is 17.2. The Balaban J connectivity index is 1.62. The number of benzene rings is 1. The maximum atomic E-state index is 12.1. The molecule has 0 saturated carbocycles. The molecule has 0 bridgehead atoms. The van der Waals surface area contributed by atoms with Crippen molar-refractivity contribution in [3.8, 4) is 11.6 Å². The topological polar surface area (TPSA) is 85.8 Å². The summed E-state index contributed by atoms with van der Waals surface area (Å²) in [5.74, 6) is 1.14. The minimum Gasteiger partial charge on any atom is -0.401 e. The number of amides is 1. The molecular formula is C17H19N5O2S. The molecule has 0 aliphatic carbocycles. The van der Waals surface area contributed by atoms with E-state index in [1.807, 2.05) is 37.3 Å². The molecule has 130 valence electrons. The van der Waals surface area contributed by atoms with Crippen LogP contribution in [0.2, 0.25) is 0 Å². The van der Waals surface area contributed by atoms with Crippen LogP contribution in [0, 0.1) is 6.92 Å². The zero-order valence-electron chi connectivity index (χ0n) is 14.3. The van der Waals surface area contributed by atoms with Crippen LogP contribution in [0.1, 0.15) is 18.2 Å². The van der Waals surface area contributed by atoms with Crippen LogP contribution in [0.4, 0.5) is 6.01 Å². The minimum absolute atomic E-state index is 0.0806. The van der Waals surface area contributed by atoms with Gasteiger partial charge in [0.05, 0.1) is 12.1 Å². The van der Waals surface area contributed by atoms with Crippen LogP contribution in [0.25, 0.3) is 11.6 Å². The second kappa shape index (κ2) is 7.52. The Labute approximate surface area is 149 Å². The van der Waals surface area contributed by atoms with Gasteiger partial charge >= 0.3 is 6.01 Å². The van der Waals surface area contributed by atoms with Crippen LogP contribution in [0.3, 0.4) is 0 Å². The molecule has 0 radical (unpaired) electrons. The third-order valence-electron chi connectivity index (χ3n) is 3.49. The Kier molecular flexibility index (Phi) is 5.18. The first-order valence-corrected chi connectivity index (χ1v) is 8.90. The largest absolute Gasteiger partial charge is 0.401 e. The number of carbonyl (C=O) groups excluding carboxylic acids is 1. The highest BCUT2D eigenvalue weighted by Crippen LogP contribution is 2.21. The monoisotopic (exact) mass is 357 g/mol. The van der Waals surface area contributed by atoms with Gasteiger partial charge in [-0.3, -0.25) is 14.8 Å². The molecule has 3 aromatic rings. The third kappa shape index (κ3) is 4.27. The van der Waals surface area contributed by atoms with Crippen molar-refractivity contribution >= 4 is 23.7 Å². The van der Waals surface area contributed by atoms with Gasteiger partial charge in [-0.2, -0.15) is 5.10 Å². The summed E-state index contributed by atoms with van der Waals surface area (Å²) in [4.78, 5) is 13.3. The average Bonchev–Trinajstić information content (AvgIpc) is 3.15. The number of aryl methyl sites for hydroxylation is 2. The SMILES string of the molecule is CCSc1ccc(CC(=O)Nc2nnc(-c3cc(C)nn3C)o2)cc1. The second-order valence-corrected chi connectivity index (χ2v) is 6.85. The first-order valence-electron chi connectivity index (χ1n) is 7.91. The average molecular weight is 357 g/mol. The highest BCUT2D eigenvalue weighted by Gasteiger charge is 2.15. The molecule has 0 aliphatic rings. The molecule has 1 aromatic carbocycles. The van der Waals surface area contributed by atoms with Gasteiger partial charge in [0.1, 0.15) is 5.69 Å². The van der Waals surface area contributed by atoms with E-state index in [1.54, 1.807) is 23.5 Å². The lowest BCUT2D eigenvalue weighted by atomic mass is 10.1. The van der Waals surface area contributed by atoms with Crippen LogP contribution < -0.4 is 5.32 Å². The summed E-state index contributed by atoms with van der Waals surface area (Å²) in [6, 6.07) is 9.87. The van der Waals surface area contributed by atoms with Crippen molar-refractivity contribution < 1.29 is 9.21 Å². The number of rotatable bonds is 6. The third-order valence-corrected chi connectivity index (χ3v) is 4.39. The molecule has 0 unspecified atom stereocenters. The van der Waals surface area contributed by atoms with Crippen molar-refractivity contribution in [1.82, 2.24) is 20.0 Å². The molecule has 0 fully saturated rings. The van der Waals surface area contributed by atoms with Gasteiger partial charge < -0.3 is 4.42 Å². The van der Waals surface area contributed by atoms with Crippen molar-refractivity contribution in [1.29, 1.82) is 0 Å². The van der Waals surface area contributed by atoms with E-state index in [0.29, 0.717) is 11.6 Å². The van der Waals surface area contributed by atoms with Crippen LogP contribution in [0.5, 0.6) is 0 Å². The molecule has 1 amide bonds. The number of hydrogen-bond acceptors (Lipinski definition) is 6. The summed E-state index contributed by atoms with van der Waals surface area (Å²) in [6.45, 7) is 3.99. The molecule has 2 aromatic heterocycles. The van der Waals surface area contributed by atoms with Gasteiger partial charge in [0.2, 0.25) is 5.91 Å². The quantitative estimate of drug-likeness (QED) is 0.682. The lowest BCUT2D eigenvalue weighted by Crippen LogP contribution is -2.14. The summed E-state index contributed by atoms with van der Waals surface area (Å²) < 4.78 is 7.16. The van der Waals surface area contributed by atoms with Crippen molar-refractivity contribution in [3.63, 3.8) is 0 Å². The minimum atomic E-state index is -0.202. The Bertz CT molecular complexity index is 870. The summed E-state index contributed by atoms with van der Waals surface area (Å²) >= 11 is 1.77. The van der Waals surface area contributed by atoms with E-state index in [-0.39, 0.29) is 18.3 Å². The number of carbonyl (C=O) groups is 1. The Hall–Kier alpha value is -2.61. The van der Waals surface area contributed by atoms with Crippen molar-refractivity contribution in [2.75, 3.05) is 11.1 Å². The van der Waals surface area contributed by atoms with Gasteiger partial charge in [-0.05, 0) is 36.4 Å². The number of aromatic nitrogens is 4. The number of hydrogen-bond donors (Lipinski definition) is 1. The molecule has 0 spiro atoms. The van der Waals surface area contributed by atoms with Gasteiger partial charge in [0.15, 0.2) is 0 Å². The predicted molar refractivity (Wildman–Crippen MR) is 96.4 cm³/mol. The fraction of sp³-hybridized carbons (Fsp3) is 0.294. The number of nitrogens with one attached hydrogen (secondary N) is 1. The van der Waals surface area contributed by atoms with E-state index < -0.39 is 0 Å². The first-order chi connectivity index (χ1) is 12.0. The van der Waals surface area contributed by atoms with E-state index in [4.69, 9.17) is 4.42 Å². The van der Waals surface area contributed by atoms with Gasteiger partial charge in [-0.1, -0.05) is 24.2 Å². The Morgan fingerprint density at radius 2 is 2.04 bits per heavy atom. The van der Waals surface area contributed by atoms with Crippen LogP contribution >= 0.6 is 11.8 Å². The molecule has 2 heterocycles. The molecule has 8 heteroatoms. The summed E-state index contributed by atoms with van der Waals surface area (Å²) in [6.07, 6.45) is 0.250. The van der Waals surface area contributed by atoms with Gasteiger partial charge in [0, 0.05) is 11.9 Å². The predicted octanol–water partition coefficient (Wildman–Crippen LogP) is 3.07. The van der Waals surface area contributed by atoms with Gasteiger partial charge in [-0.15, -0.1) is 16.9 Å². The Morgan fingerprint density at radius 3 is 2.68 bits per heavy atom. The van der Waals surface area contributed by atoms with Crippen molar-refractivity contribution in [2.24, 2.45) is 7.05 Å². The van der Waals surface area contributed by atoms with Crippen molar-refractivity contribution in [3.05, 3.63) is 41.6 Å². The molecule has 0 aliphatic heterocycles. The lowest BCUT2D eigenvalue weighted by molar-refractivity contribution is -0.115. The van der Waals surface area contributed by atoms with Crippen LogP contribution in [-0.2, 0) is 18.3 Å². The zero-order valence-corrected chi connectivity index (χ0v) is 15.1. The maximum Gasteiger partial charge on any atom is 0.322 e. The highest BCUT2D eigenvalue weighted by molar-refractivity contribution is 7.99. The summed E-state index contributed by atoms with van der Waals surface area (Å²) in [5.41, 5.74) is 2.49. The number of thioether (sulfide) groups is 1. The van der Waals surface area contributed by atoms with Gasteiger partial charge in [-0.25, -0.2) is 0 Å². The van der Waals surface area contributed by atoms with Crippen molar-refractivity contribution in [2.45, 2.75) is 25.2 Å². The fourth-order valence-corrected chi connectivity index (χ4v) is 3.07. The molecular weight excluding hydrogens is 338 g/mol. The second-order valence-electron chi connectivity index (χ2n) is 5.51. The Morgan fingerprint density at radius 1 is 1.28 bits per heavy atom. The molecule has 25 heavy (non-hydrogen) atoms. The lowest BCUT2D eigenvalue weighted by Gasteiger charge is -2.03. The molecule has 0 saturated heterocycles. The summed E-state index contributed by atoms with van der Waals surface area (Å²) in [5, 5.41) is 14.7. The van der Waals surface area contributed by atoms with E-state index in [0.717, 1.165) is 17.0 Å². The van der Waals surface area contributed by atoms with Gasteiger partial charge in [0.25, 0.3) is 5.89 Å². The van der Waals surface area contributed by atoms with E-state index in [2.05, 4.69) is 27.5 Å². The number of anilines is 1. The van der Waals surface area contributed by atoms with E-state index >= 15 is 0 Å². The smallest absolute Gasteiger partial charge is 0.322 e.